The maximum atomic E-state index is 13.0. The Balaban J connectivity index is 2.08. The average molecular weight is 371 g/mol. The molecule has 1 atom stereocenters. The number of carbonyl (C=O) groups is 2. The number of ether oxygens (including phenoxy) is 1. The number of carbonyl (C=O) groups excluding carboxylic acids is 2. The van der Waals surface area contributed by atoms with Gasteiger partial charge in [-0.3, -0.25) is 9.59 Å². The van der Waals surface area contributed by atoms with Gasteiger partial charge < -0.3 is 14.7 Å². The average Bonchev–Trinajstić information content (AvgIpc) is 3.28. The highest BCUT2D eigenvalue weighted by atomic mass is 32.1. The number of hydrogen-bond donors (Lipinski definition) is 1. The molecule has 1 aliphatic heterocycles. The van der Waals surface area contributed by atoms with Gasteiger partial charge in [0.15, 0.2) is 5.76 Å². The number of rotatable bonds is 7. The minimum Gasteiger partial charge on any atom is -0.503 e. The first-order valence-electron chi connectivity index (χ1n) is 8.54. The minimum absolute atomic E-state index is 0.141. The number of aliphatic hydroxyl groups is 1. The number of Topliss-reactive ketones (excluding diaryl/α,β-unsaturated/α-hetero) is 1. The highest BCUT2D eigenvalue weighted by Gasteiger charge is 2.43. The molecule has 1 aliphatic rings. The van der Waals surface area contributed by atoms with Crippen molar-refractivity contribution >= 4 is 23.0 Å². The van der Waals surface area contributed by atoms with Crippen molar-refractivity contribution in [3.05, 3.63) is 63.6 Å². The Hall–Kier alpha value is -2.60. The molecule has 1 N–H and O–H groups in total. The smallest absolute Gasteiger partial charge is 0.290 e. The van der Waals surface area contributed by atoms with Crippen LogP contribution in [0.15, 0.2) is 53.1 Å². The van der Waals surface area contributed by atoms with E-state index in [4.69, 9.17) is 4.74 Å². The zero-order valence-electron chi connectivity index (χ0n) is 14.8. The Morgan fingerprint density at radius 2 is 2.12 bits per heavy atom. The predicted octanol–water partition coefficient (Wildman–Crippen LogP) is 4.14. The quantitative estimate of drug-likeness (QED) is 0.743. The molecule has 0 fully saturated rings. The number of nitrogens with zero attached hydrogens (tertiary/aromatic N) is 1. The SMILES string of the molecule is CCCCN1C(=O)C(O)=C(C(=O)c2cccs2)C1c1cccc(OC)c1. The van der Waals surface area contributed by atoms with Gasteiger partial charge in [-0.25, -0.2) is 0 Å². The molecule has 2 heterocycles. The zero-order valence-corrected chi connectivity index (χ0v) is 15.6. The molecule has 1 amide bonds. The van der Waals surface area contributed by atoms with Crippen LogP contribution in [0.2, 0.25) is 0 Å². The van der Waals surface area contributed by atoms with Crippen molar-refractivity contribution in [3.63, 3.8) is 0 Å². The Labute approximate surface area is 156 Å². The van der Waals surface area contributed by atoms with E-state index in [2.05, 4.69) is 0 Å². The van der Waals surface area contributed by atoms with E-state index in [0.717, 1.165) is 18.4 Å². The lowest BCUT2D eigenvalue weighted by atomic mass is 9.95. The summed E-state index contributed by atoms with van der Waals surface area (Å²) in [6, 6.07) is 10.1. The molecule has 1 aromatic heterocycles. The van der Waals surface area contributed by atoms with Crippen molar-refractivity contribution in [2.24, 2.45) is 0 Å². The predicted molar refractivity (Wildman–Crippen MR) is 101 cm³/mol. The summed E-state index contributed by atoms with van der Waals surface area (Å²) in [5.74, 6) is -0.615. The van der Waals surface area contributed by atoms with E-state index in [-0.39, 0.29) is 11.4 Å². The summed E-state index contributed by atoms with van der Waals surface area (Å²) in [5, 5.41) is 12.3. The maximum absolute atomic E-state index is 13.0. The first-order valence-corrected chi connectivity index (χ1v) is 9.42. The Kier molecular flexibility index (Phi) is 5.42. The van der Waals surface area contributed by atoms with E-state index >= 15 is 0 Å². The number of hydrogen-bond acceptors (Lipinski definition) is 5. The fraction of sp³-hybridized carbons (Fsp3) is 0.300. The third-order valence-electron chi connectivity index (χ3n) is 4.46. The molecule has 6 heteroatoms. The molecular formula is C20H21NO4S. The van der Waals surface area contributed by atoms with Gasteiger partial charge in [0, 0.05) is 6.54 Å². The molecule has 5 nitrogen and oxygen atoms in total. The number of ketones is 1. The van der Waals surface area contributed by atoms with Crippen molar-refractivity contribution in [2.75, 3.05) is 13.7 Å². The molecule has 26 heavy (non-hydrogen) atoms. The van der Waals surface area contributed by atoms with Gasteiger partial charge in [0.2, 0.25) is 5.78 Å². The van der Waals surface area contributed by atoms with Crippen LogP contribution in [-0.2, 0) is 4.79 Å². The molecule has 1 unspecified atom stereocenters. The lowest BCUT2D eigenvalue weighted by molar-refractivity contribution is -0.129. The summed E-state index contributed by atoms with van der Waals surface area (Å²) in [6.45, 7) is 2.51. The molecule has 0 spiro atoms. The van der Waals surface area contributed by atoms with Crippen LogP contribution < -0.4 is 4.74 Å². The van der Waals surface area contributed by atoms with E-state index in [9.17, 15) is 14.7 Å². The standard InChI is InChI=1S/C20H21NO4S/c1-3-4-10-21-17(13-7-5-8-14(12-13)25-2)16(19(23)20(21)24)18(22)15-9-6-11-26-15/h5-9,11-12,17,23H,3-4,10H2,1-2H3. The molecule has 2 aromatic rings. The Morgan fingerprint density at radius 1 is 1.31 bits per heavy atom. The fourth-order valence-electron chi connectivity index (χ4n) is 3.14. The monoisotopic (exact) mass is 371 g/mol. The van der Waals surface area contributed by atoms with Crippen molar-refractivity contribution in [1.29, 1.82) is 0 Å². The second-order valence-corrected chi connectivity index (χ2v) is 7.05. The van der Waals surface area contributed by atoms with Gasteiger partial charge in [0.1, 0.15) is 5.75 Å². The van der Waals surface area contributed by atoms with Gasteiger partial charge >= 0.3 is 0 Å². The van der Waals surface area contributed by atoms with E-state index in [0.29, 0.717) is 17.2 Å². The lowest BCUT2D eigenvalue weighted by Crippen LogP contribution is -2.32. The second-order valence-electron chi connectivity index (χ2n) is 6.10. The summed E-state index contributed by atoms with van der Waals surface area (Å²) in [4.78, 5) is 27.8. The van der Waals surface area contributed by atoms with Crippen molar-refractivity contribution in [1.82, 2.24) is 4.90 Å². The fourth-order valence-corrected chi connectivity index (χ4v) is 3.82. The molecular weight excluding hydrogens is 350 g/mol. The first-order chi connectivity index (χ1) is 12.6. The van der Waals surface area contributed by atoms with E-state index in [1.165, 1.54) is 11.3 Å². The van der Waals surface area contributed by atoms with Crippen molar-refractivity contribution in [3.8, 4) is 5.75 Å². The van der Waals surface area contributed by atoms with E-state index in [1.807, 2.05) is 19.1 Å². The normalized spacial score (nSPS) is 17.1. The summed E-state index contributed by atoms with van der Waals surface area (Å²) in [5.41, 5.74) is 0.888. The van der Waals surface area contributed by atoms with Gasteiger partial charge in [-0.15, -0.1) is 11.3 Å². The van der Waals surface area contributed by atoms with Crippen LogP contribution in [0.1, 0.15) is 41.0 Å². The van der Waals surface area contributed by atoms with Crippen LogP contribution in [0, 0.1) is 0 Å². The molecule has 0 bridgehead atoms. The highest BCUT2D eigenvalue weighted by Crippen LogP contribution is 2.40. The van der Waals surface area contributed by atoms with Crippen LogP contribution >= 0.6 is 11.3 Å². The van der Waals surface area contributed by atoms with Crippen LogP contribution in [0.5, 0.6) is 5.75 Å². The summed E-state index contributed by atoms with van der Waals surface area (Å²) >= 11 is 1.30. The molecule has 0 aliphatic carbocycles. The van der Waals surface area contributed by atoms with Gasteiger partial charge in [-0.1, -0.05) is 31.5 Å². The molecule has 0 radical (unpaired) electrons. The van der Waals surface area contributed by atoms with Gasteiger partial charge in [-0.05, 0) is 35.6 Å². The number of thiophene rings is 1. The van der Waals surface area contributed by atoms with E-state index < -0.39 is 17.7 Å². The second kappa shape index (κ2) is 7.74. The van der Waals surface area contributed by atoms with Crippen molar-refractivity contribution < 1.29 is 19.4 Å². The summed E-state index contributed by atoms with van der Waals surface area (Å²) in [6.07, 6.45) is 1.70. The number of methoxy groups -OCH3 is 1. The largest absolute Gasteiger partial charge is 0.503 e. The summed E-state index contributed by atoms with van der Waals surface area (Å²) in [7, 11) is 1.57. The van der Waals surface area contributed by atoms with E-state index in [1.54, 1.807) is 41.7 Å². The van der Waals surface area contributed by atoms with Gasteiger partial charge in [0.05, 0.1) is 23.6 Å². The first kappa shape index (κ1) is 18.2. The van der Waals surface area contributed by atoms with Gasteiger partial charge in [-0.2, -0.15) is 0 Å². The minimum atomic E-state index is -0.612. The topological polar surface area (TPSA) is 66.8 Å². The van der Waals surface area contributed by atoms with Gasteiger partial charge in [0.25, 0.3) is 5.91 Å². The number of aliphatic hydroxyl groups excluding tert-OH is 1. The third kappa shape index (κ3) is 3.24. The molecule has 1 aromatic carbocycles. The highest BCUT2D eigenvalue weighted by molar-refractivity contribution is 7.12. The van der Waals surface area contributed by atoms with Crippen LogP contribution in [0.4, 0.5) is 0 Å². The molecule has 0 saturated heterocycles. The number of unbranched alkanes of at least 4 members (excludes halogenated alkanes) is 1. The Morgan fingerprint density at radius 3 is 2.77 bits per heavy atom. The van der Waals surface area contributed by atoms with Crippen LogP contribution in [0.25, 0.3) is 0 Å². The maximum Gasteiger partial charge on any atom is 0.290 e. The summed E-state index contributed by atoms with van der Waals surface area (Å²) < 4.78 is 5.29. The molecule has 3 rings (SSSR count). The Bertz CT molecular complexity index is 841. The number of benzene rings is 1. The molecule has 0 saturated carbocycles. The number of amides is 1. The van der Waals surface area contributed by atoms with Crippen LogP contribution in [0.3, 0.4) is 0 Å². The van der Waals surface area contributed by atoms with Crippen molar-refractivity contribution in [2.45, 2.75) is 25.8 Å². The lowest BCUT2D eigenvalue weighted by Gasteiger charge is -2.27. The molecule has 136 valence electrons. The van der Waals surface area contributed by atoms with Crippen LogP contribution in [-0.4, -0.2) is 35.4 Å². The third-order valence-corrected chi connectivity index (χ3v) is 5.32. The zero-order chi connectivity index (χ0) is 18.7.